The molecular weight excluding hydrogens is 180 g/mol. The van der Waals surface area contributed by atoms with Crippen molar-refractivity contribution in [2.45, 2.75) is 58.8 Å². The van der Waals surface area contributed by atoms with Crippen LogP contribution >= 0.6 is 0 Å². The maximum atomic E-state index is 2.45. The molecule has 1 aliphatic carbocycles. The lowest BCUT2D eigenvalue weighted by Gasteiger charge is -2.20. The highest BCUT2D eigenvalue weighted by molar-refractivity contribution is 5.41. The number of fused-ring (bicyclic) bond motifs is 1. The zero-order valence-electron chi connectivity index (χ0n) is 10.1. The Bertz CT molecular complexity index is 336. The minimum atomic E-state index is 1.18. The van der Waals surface area contributed by atoms with Gasteiger partial charge in [0.2, 0.25) is 0 Å². The number of hydrogen-bond donors (Lipinski definition) is 0. The Morgan fingerprint density at radius 1 is 1.07 bits per heavy atom. The van der Waals surface area contributed by atoms with Gasteiger partial charge in [-0.3, -0.25) is 0 Å². The highest BCUT2D eigenvalue weighted by Gasteiger charge is 2.13. The van der Waals surface area contributed by atoms with Crippen molar-refractivity contribution in [2.75, 3.05) is 0 Å². The number of hydrogen-bond acceptors (Lipinski definition) is 0. The molecule has 0 heteroatoms. The van der Waals surface area contributed by atoms with Gasteiger partial charge in [0.25, 0.3) is 0 Å². The lowest BCUT2D eigenvalue weighted by Crippen LogP contribution is -2.07. The molecule has 0 bridgehead atoms. The van der Waals surface area contributed by atoms with Crippen molar-refractivity contribution < 1.29 is 0 Å². The lowest BCUT2D eigenvalue weighted by atomic mass is 9.85. The smallest absolute Gasteiger partial charge is 0.0273 e. The van der Waals surface area contributed by atoms with Gasteiger partial charge >= 0.3 is 0 Å². The molecule has 0 aliphatic heterocycles. The largest absolute Gasteiger partial charge is 0.0651 e. The monoisotopic (exact) mass is 202 g/mol. The molecule has 1 aromatic rings. The Labute approximate surface area is 93.7 Å². The van der Waals surface area contributed by atoms with Gasteiger partial charge < -0.3 is 0 Å². The molecule has 82 valence electrons. The summed E-state index contributed by atoms with van der Waals surface area (Å²) in [5.74, 6) is 0. The molecule has 1 aromatic carbocycles. The fourth-order valence-corrected chi connectivity index (χ4v) is 2.73. The first kappa shape index (κ1) is 10.7. The maximum absolute atomic E-state index is 2.45. The predicted molar refractivity (Wildman–Crippen MR) is 66.5 cm³/mol. The highest BCUT2D eigenvalue weighted by atomic mass is 14.2. The molecule has 0 nitrogen and oxygen atoms in total. The molecule has 0 radical (unpaired) electrons. The fourth-order valence-electron chi connectivity index (χ4n) is 2.73. The lowest BCUT2D eigenvalue weighted by molar-refractivity contribution is 0.674. The van der Waals surface area contributed by atoms with Gasteiger partial charge in [-0.1, -0.05) is 32.4 Å². The van der Waals surface area contributed by atoms with E-state index in [0.717, 1.165) is 0 Å². The molecule has 0 N–H and O–H groups in total. The Kier molecular flexibility index (Phi) is 3.45. The van der Waals surface area contributed by atoms with Crippen LogP contribution in [0.4, 0.5) is 0 Å². The molecule has 0 fully saturated rings. The first-order valence-electron chi connectivity index (χ1n) is 6.48. The maximum Gasteiger partial charge on any atom is -0.0273 e. The first-order chi connectivity index (χ1) is 7.35. The van der Waals surface area contributed by atoms with Gasteiger partial charge in [0.1, 0.15) is 0 Å². The van der Waals surface area contributed by atoms with Crippen molar-refractivity contribution in [3.05, 3.63) is 34.4 Å². The van der Waals surface area contributed by atoms with E-state index in [1.165, 1.54) is 44.9 Å². The quantitative estimate of drug-likeness (QED) is 0.693. The molecule has 0 amide bonds. The van der Waals surface area contributed by atoms with Crippen LogP contribution in [0, 0.1) is 0 Å². The van der Waals surface area contributed by atoms with Crippen LogP contribution in [0.5, 0.6) is 0 Å². The van der Waals surface area contributed by atoms with Crippen LogP contribution < -0.4 is 0 Å². The molecule has 0 aromatic heterocycles. The molecule has 2 rings (SSSR count). The van der Waals surface area contributed by atoms with Crippen LogP contribution in [-0.2, 0) is 25.7 Å². The van der Waals surface area contributed by atoms with Gasteiger partial charge in [0.05, 0.1) is 0 Å². The molecular formula is C15H22. The van der Waals surface area contributed by atoms with Crippen LogP contribution in [0.3, 0.4) is 0 Å². The SMILES string of the molecule is CCCc1cc(CC)cc2c1CCCC2. The van der Waals surface area contributed by atoms with Gasteiger partial charge in [-0.05, 0) is 60.8 Å². The van der Waals surface area contributed by atoms with Gasteiger partial charge in [-0.15, -0.1) is 0 Å². The molecule has 15 heavy (non-hydrogen) atoms. The predicted octanol–water partition coefficient (Wildman–Crippen LogP) is 4.08. The number of aryl methyl sites for hydroxylation is 3. The van der Waals surface area contributed by atoms with Gasteiger partial charge in [0.15, 0.2) is 0 Å². The van der Waals surface area contributed by atoms with E-state index in [2.05, 4.69) is 26.0 Å². The van der Waals surface area contributed by atoms with Crippen LogP contribution in [0.2, 0.25) is 0 Å². The van der Waals surface area contributed by atoms with Gasteiger partial charge in [-0.25, -0.2) is 0 Å². The summed E-state index contributed by atoms with van der Waals surface area (Å²) in [4.78, 5) is 0. The molecule has 0 saturated carbocycles. The minimum Gasteiger partial charge on any atom is -0.0651 e. The summed E-state index contributed by atoms with van der Waals surface area (Å²) in [6.45, 7) is 4.55. The average Bonchev–Trinajstić information content (AvgIpc) is 2.29. The summed E-state index contributed by atoms with van der Waals surface area (Å²) in [7, 11) is 0. The summed E-state index contributed by atoms with van der Waals surface area (Å²) in [6.07, 6.45) is 9.18. The van der Waals surface area contributed by atoms with Crippen molar-refractivity contribution in [1.82, 2.24) is 0 Å². The normalized spacial score (nSPS) is 15.1. The van der Waals surface area contributed by atoms with Gasteiger partial charge in [0, 0.05) is 0 Å². The molecule has 0 saturated heterocycles. The Morgan fingerprint density at radius 3 is 2.60 bits per heavy atom. The summed E-state index contributed by atoms with van der Waals surface area (Å²) >= 11 is 0. The van der Waals surface area contributed by atoms with Crippen LogP contribution in [-0.4, -0.2) is 0 Å². The third-order valence-corrected chi connectivity index (χ3v) is 3.54. The minimum absolute atomic E-state index is 1.18. The van der Waals surface area contributed by atoms with Crippen molar-refractivity contribution in [1.29, 1.82) is 0 Å². The second-order valence-electron chi connectivity index (χ2n) is 4.70. The molecule has 1 aliphatic rings. The van der Waals surface area contributed by atoms with E-state index in [9.17, 15) is 0 Å². The van der Waals surface area contributed by atoms with Crippen molar-refractivity contribution in [2.24, 2.45) is 0 Å². The van der Waals surface area contributed by atoms with Crippen LogP contribution in [0.15, 0.2) is 12.1 Å². The first-order valence-corrected chi connectivity index (χ1v) is 6.48. The Morgan fingerprint density at radius 2 is 1.87 bits per heavy atom. The summed E-state index contributed by atoms with van der Waals surface area (Å²) in [5, 5.41) is 0. The van der Waals surface area contributed by atoms with E-state index in [0.29, 0.717) is 0 Å². The third-order valence-electron chi connectivity index (χ3n) is 3.54. The molecule has 0 spiro atoms. The Balaban J connectivity index is 2.41. The van der Waals surface area contributed by atoms with Crippen LogP contribution in [0.1, 0.15) is 55.4 Å². The van der Waals surface area contributed by atoms with Crippen LogP contribution in [0.25, 0.3) is 0 Å². The third kappa shape index (κ3) is 2.25. The Hall–Kier alpha value is -0.780. The summed E-state index contributed by atoms with van der Waals surface area (Å²) in [5.41, 5.74) is 6.54. The van der Waals surface area contributed by atoms with Crippen molar-refractivity contribution in [3.8, 4) is 0 Å². The highest BCUT2D eigenvalue weighted by Crippen LogP contribution is 2.27. The van der Waals surface area contributed by atoms with E-state index < -0.39 is 0 Å². The van der Waals surface area contributed by atoms with E-state index in [1.807, 2.05) is 0 Å². The summed E-state index contributed by atoms with van der Waals surface area (Å²) < 4.78 is 0. The van der Waals surface area contributed by atoms with E-state index in [-0.39, 0.29) is 0 Å². The van der Waals surface area contributed by atoms with Gasteiger partial charge in [-0.2, -0.15) is 0 Å². The number of benzene rings is 1. The van der Waals surface area contributed by atoms with E-state index >= 15 is 0 Å². The average molecular weight is 202 g/mol. The summed E-state index contributed by atoms with van der Waals surface area (Å²) in [6, 6.07) is 4.90. The standard InChI is InChI=1S/C15H22/c1-3-7-13-10-12(4-2)11-14-8-5-6-9-15(13)14/h10-11H,3-9H2,1-2H3. The van der Waals surface area contributed by atoms with E-state index in [4.69, 9.17) is 0 Å². The fraction of sp³-hybridized carbons (Fsp3) is 0.600. The number of rotatable bonds is 3. The second-order valence-corrected chi connectivity index (χ2v) is 4.70. The van der Waals surface area contributed by atoms with Crippen molar-refractivity contribution in [3.63, 3.8) is 0 Å². The zero-order valence-corrected chi connectivity index (χ0v) is 10.1. The second kappa shape index (κ2) is 4.83. The molecule has 0 unspecified atom stereocenters. The van der Waals surface area contributed by atoms with Crippen molar-refractivity contribution >= 4 is 0 Å². The molecule has 0 heterocycles. The topological polar surface area (TPSA) is 0 Å². The van der Waals surface area contributed by atoms with E-state index in [1.54, 1.807) is 22.3 Å². The zero-order chi connectivity index (χ0) is 10.7. The molecule has 0 atom stereocenters.